The molecule has 5 nitrogen and oxygen atoms in total. The molecular formula is C13H18INO4. The van der Waals surface area contributed by atoms with Gasteiger partial charge in [0.25, 0.3) is 0 Å². The minimum atomic E-state index is -0.762. The van der Waals surface area contributed by atoms with Crippen LogP contribution in [0.5, 0.6) is 0 Å². The summed E-state index contributed by atoms with van der Waals surface area (Å²) in [7, 11) is 1.57. The predicted molar refractivity (Wildman–Crippen MR) is 79.6 cm³/mol. The van der Waals surface area contributed by atoms with Crippen molar-refractivity contribution < 1.29 is 19.0 Å². The molecule has 1 amide bonds. The second kappa shape index (κ2) is 9.11. The highest BCUT2D eigenvalue weighted by molar-refractivity contribution is 14.1. The summed E-state index contributed by atoms with van der Waals surface area (Å²) in [6.45, 7) is 0.820. The Balaban J connectivity index is 2.54. The Morgan fingerprint density at radius 3 is 2.89 bits per heavy atom. The zero-order valence-corrected chi connectivity index (χ0v) is 13.0. The molecule has 106 valence electrons. The molecule has 0 aliphatic rings. The maximum absolute atomic E-state index is 11.0. The van der Waals surface area contributed by atoms with E-state index < -0.39 is 6.09 Å². The molecule has 0 aliphatic carbocycles. The van der Waals surface area contributed by atoms with Gasteiger partial charge < -0.3 is 19.9 Å². The molecule has 0 spiro atoms. The number of methoxy groups -OCH3 is 1. The van der Waals surface area contributed by atoms with Gasteiger partial charge in [-0.3, -0.25) is 0 Å². The predicted octanol–water partition coefficient (Wildman–Crippen LogP) is 2.83. The number of carbonyl (C=O) groups excluding carboxylic acids is 1. The number of hydrogen-bond donors (Lipinski definition) is 1. The second-order valence-corrected chi connectivity index (χ2v) is 5.18. The summed E-state index contributed by atoms with van der Waals surface area (Å²) in [6, 6.07) is 7.80. The number of benzene rings is 1. The van der Waals surface area contributed by atoms with Gasteiger partial charge in [-0.25, -0.2) is 4.79 Å². The van der Waals surface area contributed by atoms with Crippen molar-refractivity contribution in [1.82, 2.24) is 0 Å². The van der Waals surface area contributed by atoms with E-state index in [-0.39, 0.29) is 12.9 Å². The summed E-state index contributed by atoms with van der Waals surface area (Å²) in [5.41, 5.74) is 6.05. The topological polar surface area (TPSA) is 70.8 Å². The molecule has 1 atom stereocenters. The third-order valence-electron chi connectivity index (χ3n) is 2.44. The molecule has 0 aliphatic heterocycles. The summed E-state index contributed by atoms with van der Waals surface area (Å²) in [6.07, 6.45) is 0.319. The van der Waals surface area contributed by atoms with E-state index in [2.05, 4.69) is 22.6 Å². The first kappa shape index (κ1) is 16.2. The van der Waals surface area contributed by atoms with Crippen molar-refractivity contribution in [3.8, 4) is 0 Å². The fraction of sp³-hybridized carbons (Fsp3) is 0.462. The third-order valence-corrected chi connectivity index (χ3v) is 3.11. The summed E-state index contributed by atoms with van der Waals surface area (Å²) in [4.78, 5) is 11.0. The molecular weight excluding hydrogens is 361 g/mol. The molecule has 19 heavy (non-hydrogen) atoms. The van der Waals surface area contributed by atoms with Crippen LogP contribution in [0.3, 0.4) is 0 Å². The average molecular weight is 379 g/mol. The molecule has 0 fully saturated rings. The normalized spacial score (nSPS) is 12.1. The van der Waals surface area contributed by atoms with E-state index in [1.807, 2.05) is 24.3 Å². The highest BCUT2D eigenvalue weighted by Gasteiger charge is 2.15. The van der Waals surface area contributed by atoms with E-state index in [4.69, 9.17) is 19.9 Å². The van der Waals surface area contributed by atoms with Crippen LogP contribution in [-0.4, -0.2) is 26.6 Å². The summed E-state index contributed by atoms with van der Waals surface area (Å²) >= 11 is 2.22. The van der Waals surface area contributed by atoms with Gasteiger partial charge in [0.1, 0.15) is 12.9 Å². The van der Waals surface area contributed by atoms with Gasteiger partial charge in [-0.1, -0.05) is 12.1 Å². The molecule has 1 aromatic carbocycles. The molecule has 0 unspecified atom stereocenters. The lowest BCUT2D eigenvalue weighted by Crippen LogP contribution is -2.18. The number of amides is 1. The average Bonchev–Trinajstić information content (AvgIpc) is 2.36. The Morgan fingerprint density at radius 2 is 2.26 bits per heavy atom. The number of hydrogen-bond acceptors (Lipinski definition) is 4. The Kier molecular flexibility index (Phi) is 7.76. The lowest BCUT2D eigenvalue weighted by molar-refractivity contribution is -0.0340. The molecule has 0 heterocycles. The molecule has 0 radical (unpaired) electrons. The molecule has 6 heteroatoms. The van der Waals surface area contributed by atoms with E-state index in [0.29, 0.717) is 13.0 Å². The first-order chi connectivity index (χ1) is 9.13. The van der Waals surface area contributed by atoms with Crippen LogP contribution < -0.4 is 5.73 Å². The van der Waals surface area contributed by atoms with E-state index in [0.717, 1.165) is 15.6 Å². The van der Waals surface area contributed by atoms with Crippen LogP contribution in [0.2, 0.25) is 0 Å². The third kappa shape index (κ3) is 6.74. The molecule has 0 aromatic heterocycles. The Labute approximate surface area is 126 Å². The monoisotopic (exact) mass is 379 g/mol. The summed E-state index contributed by atoms with van der Waals surface area (Å²) in [5.74, 6) is 0. The van der Waals surface area contributed by atoms with E-state index >= 15 is 0 Å². The van der Waals surface area contributed by atoms with Crippen molar-refractivity contribution in [2.24, 2.45) is 5.73 Å². The summed E-state index contributed by atoms with van der Waals surface area (Å²) < 4.78 is 16.2. The van der Waals surface area contributed by atoms with Gasteiger partial charge in [-0.2, -0.15) is 0 Å². The van der Waals surface area contributed by atoms with Crippen LogP contribution in [0.1, 0.15) is 24.5 Å². The van der Waals surface area contributed by atoms with E-state index in [1.165, 1.54) is 0 Å². The highest BCUT2D eigenvalue weighted by Crippen LogP contribution is 2.24. The summed E-state index contributed by atoms with van der Waals surface area (Å²) in [5, 5.41) is 0. The number of nitrogens with two attached hydrogens (primary N) is 1. The Morgan fingerprint density at radius 1 is 1.47 bits per heavy atom. The fourth-order valence-corrected chi connectivity index (χ4v) is 2.22. The molecule has 2 N–H and O–H groups in total. The fourth-order valence-electron chi connectivity index (χ4n) is 1.65. The first-order valence-corrected chi connectivity index (χ1v) is 6.99. The highest BCUT2D eigenvalue weighted by atomic mass is 127. The van der Waals surface area contributed by atoms with Gasteiger partial charge in [0.2, 0.25) is 0 Å². The van der Waals surface area contributed by atoms with Crippen LogP contribution >= 0.6 is 22.6 Å². The number of halogens is 1. The van der Waals surface area contributed by atoms with Crippen LogP contribution in [0.25, 0.3) is 0 Å². The largest absolute Gasteiger partial charge is 0.442 e. The van der Waals surface area contributed by atoms with Crippen molar-refractivity contribution in [2.45, 2.75) is 18.9 Å². The van der Waals surface area contributed by atoms with Gasteiger partial charge in [0, 0.05) is 17.3 Å². The van der Waals surface area contributed by atoms with Crippen LogP contribution in [0, 0.1) is 3.57 Å². The van der Waals surface area contributed by atoms with Gasteiger partial charge in [-0.15, -0.1) is 0 Å². The number of carbonyl (C=O) groups is 1. The second-order valence-electron chi connectivity index (χ2n) is 3.94. The van der Waals surface area contributed by atoms with Crippen molar-refractivity contribution in [3.05, 3.63) is 33.4 Å². The first-order valence-electron chi connectivity index (χ1n) is 5.91. The zero-order valence-electron chi connectivity index (χ0n) is 10.8. The smallest absolute Gasteiger partial charge is 0.405 e. The van der Waals surface area contributed by atoms with Gasteiger partial charge in [0.15, 0.2) is 0 Å². The standard InChI is InChI=1S/C13H18INO4/c1-17-9-18-7-3-6-12(19-13(15)16)10-4-2-5-11(14)8-10/h2,4-5,8,12H,3,6-7,9H2,1H3,(H2,15,16)/t12-/m1/s1. The number of primary amides is 1. The van der Waals surface area contributed by atoms with Gasteiger partial charge in [-0.05, 0) is 53.1 Å². The lowest BCUT2D eigenvalue weighted by atomic mass is 10.1. The van der Waals surface area contributed by atoms with Crippen molar-refractivity contribution in [1.29, 1.82) is 0 Å². The molecule has 0 saturated carbocycles. The SMILES string of the molecule is COCOCCC[C@@H](OC(N)=O)c1cccc(I)c1. The number of ether oxygens (including phenoxy) is 3. The van der Waals surface area contributed by atoms with Crippen molar-refractivity contribution >= 4 is 28.7 Å². The lowest BCUT2D eigenvalue weighted by Gasteiger charge is -2.17. The Hall–Kier alpha value is -0.860. The van der Waals surface area contributed by atoms with E-state index in [9.17, 15) is 4.79 Å². The maximum Gasteiger partial charge on any atom is 0.405 e. The molecule has 1 rings (SSSR count). The van der Waals surface area contributed by atoms with Crippen LogP contribution in [0.15, 0.2) is 24.3 Å². The van der Waals surface area contributed by atoms with Crippen molar-refractivity contribution in [2.75, 3.05) is 20.5 Å². The number of rotatable bonds is 8. The van der Waals surface area contributed by atoms with Crippen molar-refractivity contribution in [3.63, 3.8) is 0 Å². The van der Waals surface area contributed by atoms with Gasteiger partial charge >= 0.3 is 6.09 Å². The minimum Gasteiger partial charge on any atom is -0.442 e. The molecule has 0 bridgehead atoms. The maximum atomic E-state index is 11.0. The van der Waals surface area contributed by atoms with Crippen LogP contribution in [0.4, 0.5) is 4.79 Å². The van der Waals surface area contributed by atoms with Crippen LogP contribution in [-0.2, 0) is 14.2 Å². The zero-order chi connectivity index (χ0) is 14.1. The van der Waals surface area contributed by atoms with Gasteiger partial charge in [0.05, 0.1) is 0 Å². The minimum absolute atomic E-state index is 0.268. The molecule has 0 saturated heterocycles. The molecule has 1 aromatic rings. The quantitative estimate of drug-likeness (QED) is 0.429. The Bertz CT molecular complexity index is 400. The van der Waals surface area contributed by atoms with E-state index in [1.54, 1.807) is 7.11 Å².